The Morgan fingerprint density at radius 2 is 1.66 bits per heavy atom. The number of benzene rings is 2. The predicted octanol–water partition coefficient (Wildman–Crippen LogP) is 4.06. The van der Waals surface area contributed by atoms with Crippen molar-refractivity contribution in [1.82, 2.24) is 14.8 Å². The van der Waals surface area contributed by atoms with Crippen molar-refractivity contribution in [3.05, 3.63) is 80.8 Å². The normalized spacial score (nSPS) is 13.8. The molecule has 4 rings (SSSR count). The molecule has 1 saturated heterocycles. The maximum absolute atomic E-state index is 13.1. The van der Waals surface area contributed by atoms with Crippen LogP contribution >= 0.6 is 22.9 Å². The van der Waals surface area contributed by atoms with Gasteiger partial charge in [-0.2, -0.15) is 0 Å². The van der Waals surface area contributed by atoms with Crippen LogP contribution in [0.1, 0.15) is 25.9 Å². The Bertz CT molecular complexity index is 1080. The van der Waals surface area contributed by atoms with Gasteiger partial charge in [0, 0.05) is 37.6 Å². The van der Waals surface area contributed by atoms with Crippen LogP contribution in [0.3, 0.4) is 0 Å². The van der Waals surface area contributed by atoms with E-state index in [1.54, 1.807) is 34.1 Å². The van der Waals surface area contributed by atoms with Gasteiger partial charge in [-0.25, -0.2) is 4.98 Å². The topological polar surface area (TPSA) is 62.7 Å². The van der Waals surface area contributed by atoms with Crippen molar-refractivity contribution in [2.75, 3.05) is 32.8 Å². The van der Waals surface area contributed by atoms with Gasteiger partial charge < -0.3 is 14.5 Å². The molecule has 0 N–H and O–H groups in total. The van der Waals surface area contributed by atoms with E-state index in [-0.39, 0.29) is 18.4 Å². The number of nitrogens with zero attached hydrogens (tertiary/aromatic N) is 3. The molecule has 3 aromatic rings. The summed E-state index contributed by atoms with van der Waals surface area (Å²) in [5.41, 5.74) is 1.94. The minimum atomic E-state index is -0.0915. The first-order valence-electron chi connectivity index (χ1n) is 10.5. The largest absolute Gasteiger partial charge is 0.484 e. The molecular weight excluding hydrogens is 446 g/mol. The molecule has 1 aliphatic heterocycles. The first kappa shape index (κ1) is 22.3. The highest BCUT2D eigenvalue weighted by Crippen LogP contribution is 2.23. The number of ether oxygens (including phenoxy) is 1. The van der Waals surface area contributed by atoms with Gasteiger partial charge in [0.15, 0.2) is 6.61 Å². The highest BCUT2D eigenvalue weighted by molar-refractivity contribution is 7.13. The second-order valence-corrected chi connectivity index (χ2v) is 9.12. The number of piperazine rings is 1. The molecule has 0 atom stereocenters. The maximum Gasteiger partial charge on any atom is 0.265 e. The lowest BCUT2D eigenvalue weighted by atomic mass is 10.2. The van der Waals surface area contributed by atoms with Gasteiger partial charge in [-0.15, -0.1) is 11.3 Å². The monoisotopic (exact) mass is 469 g/mol. The standard InChI is InChI=1S/C24H24ClN3O3S/c1-17-23(32-21(26-17)15-18-5-3-2-4-6-18)24(30)28-13-11-27(12-14-28)22(29)16-31-20-9-7-19(25)8-10-20/h2-10H,11-16H2,1H3. The van der Waals surface area contributed by atoms with Crippen molar-refractivity contribution in [3.8, 4) is 5.75 Å². The molecule has 0 radical (unpaired) electrons. The number of hydrogen-bond acceptors (Lipinski definition) is 5. The fraction of sp³-hybridized carbons (Fsp3) is 0.292. The first-order chi connectivity index (χ1) is 15.5. The minimum Gasteiger partial charge on any atom is -0.484 e. The van der Waals surface area contributed by atoms with Crippen LogP contribution in [0, 0.1) is 6.92 Å². The zero-order valence-corrected chi connectivity index (χ0v) is 19.4. The molecule has 0 spiro atoms. The van der Waals surface area contributed by atoms with Crippen LogP contribution in [-0.4, -0.2) is 59.4 Å². The Morgan fingerprint density at radius 1 is 1.00 bits per heavy atom. The van der Waals surface area contributed by atoms with Crippen molar-refractivity contribution < 1.29 is 14.3 Å². The fourth-order valence-corrected chi connectivity index (χ4v) is 4.76. The number of halogens is 1. The van der Waals surface area contributed by atoms with Crippen LogP contribution in [0.4, 0.5) is 0 Å². The number of carbonyl (C=O) groups is 2. The van der Waals surface area contributed by atoms with Crippen LogP contribution in [0.15, 0.2) is 54.6 Å². The number of amides is 2. The summed E-state index contributed by atoms with van der Waals surface area (Å²) < 4.78 is 5.55. The van der Waals surface area contributed by atoms with Crippen molar-refractivity contribution in [3.63, 3.8) is 0 Å². The Morgan fingerprint density at radius 3 is 2.34 bits per heavy atom. The Labute approximate surface area is 196 Å². The van der Waals surface area contributed by atoms with E-state index in [1.165, 1.54) is 16.9 Å². The quantitative estimate of drug-likeness (QED) is 0.546. The first-order valence-corrected chi connectivity index (χ1v) is 11.6. The van der Waals surface area contributed by atoms with Gasteiger partial charge in [0.25, 0.3) is 11.8 Å². The zero-order chi connectivity index (χ0) is 22.5. The molecule has 6 nitrogen and oxygen atoms in total. The Kier molecular flexibility index (Phi) is 7.07. The molecule has 8 heteroatoms. The summed E-state index contributed by atoms with van der Waals surface area (Å²) in [6, 6.07) is 17.0. The van der Waals surface area contributed by atoms with Crippen LogP contribution in [0.5, 0.6) is 5.75 Å². The average Bonchev–Trinajstić information content (AvgIpc) is 3.18. The lowest BCUT2D eigenvalue weighted by molar-refractivity contribution is -0.134. The third-order valence-electron chi connectivity index (χ3n) is 5.33. The highest BCUT2D eigenvalue weighted by Gasteiger charge is 2.27. The van der Waals surface area contributed by atoms with Gasteiger partial charge in [0.2, 0.25) is 0 Å². The molecule has 0 aliphatic carbocycles. The summed E-state index contributed by atoms with van der Waals surface area (Å²) in [6.45, 7) is 3.82. The van der Waals surface area contributed by atoms with Gasteiger partial charge in [-0.05, 0) is 36.8 Å². The summed E-state index contributed by atoms with van der Waals surface area (Å²) in [7, 11) is 0. The van der Waals surface area contributed by atoms with Gasteiger partial charge >= 0.3 is 0 Å². The van der Waals surface area contributed by atoms with Gasteiger partial charge in [0.05, 0.1) is 10.7 Å². The Balaban J connectivity index is 1.29. The number of aryl methyl sites for hydroxylation is 1. The summed E-state index contributed by atoms with van der Waals surface area (Å²) in [5, 5.41) is 1.55. The average molecular weight is 470 g/mol. The fourth-order valence-electron chi connectivity index (χ4n) is 3.57. The van der Waals surface area contributed by atoms with E-state index in [2.05, 4.69) is 17.1 Å². The van der Waals surface area contributed by atoms with E-state index in [9.17, 15) is 9.59 Å². The lowest BCUT2D eigenvalue weighted by Gasteiger charge is -2.34. The zero-order valence-electron chi connectivity index (χ0n) is 17.8. The molecule has 2 amide bonds. The smallest absolute Gasteiger partial charge is 0.265 e. The van der Waals surface area contributed by atoms with Gasteiger partial charge in [-0.3, -0.25) is 9.59 Å². The molecule has 0 unspecified atom stereocenters. The maximum atomic E-state index is 13.1. The molecule has 0 bridgehead atoms. The molecule has 1 aromatic heterocycles. The van der Waals surface area contributed by atoms with E-state index in [4.69, 9.17) is 16.3 Å². The van der Waals surface area contributed by atoms with Gasteiger partial charge in [-0.1, -0.05) is 41.9 Å². The minimum absolute atomic E-state index is 0.0103. The number of hydrogen-bond donors (Lipinski definition) is 0. The van der Waals surface area contributed by atoms with Crippen molar-refractivity contribution in [2.24, 2.45) is 0 Å². The SMILES string of the molecule is Cc1nc(Cc2ccccc2)sc1C(=O)N1CCN(C(=O)COc2ccc(Cl)cc2)CC1. The van der Waals surface area contributed by atoms with Crippen molar-refractivity contribution in [2.45, 2.75) is 13.3 Å². The van der Waals surface area contributed by atoms with Gasteiger partial charge in [0.1, 0.15) is 10.6 Å². The van der Waals surface area contributed by atoms with E-state index in [1.807, 2.05) is 25.1 Å². The molecule has 2 heterocycles. The van der Waals surface area contributed by atoms with Crippen LogP contribution in [-0.2, 0) is 11.2 Å². The molecular formula is C24H24ClN3O3S. The Hall–Kier alpha value is -2.90. The third kappa shape index (κ3) is 5.47. The van der Waals surface area contributed by atoms with Crippen LogP contribution in [0.2, 0.25) is 5.02 Å². The molecule has 2 aromatic carbocycles. The second kappa shape index (κ2) is 10.1. The number of thiazole rings is 1. The van der Waals surface area contributed by atoms with Crippen LogP contribution in [0.25, 0.3) is 0 Å². The number of carbonyl (C=O) groups excluding carboxylic acids is 2. The summed E-state index contributed by atoms with van der Waals surface area (Å²) in [6.07, 6.45) is 0.718. The van der Waals surface area contributed by atoms with Crippen LogP contribution < -0.4 is 4.74 Å². The van der Waals surface area contributed by atoms with E-state index in [0.717, 1.165) is 17.1 Å². The molecule has 1 fully saturated rings. The molecule has 1 aliphatic rings. The molecule has 0 saturated carbocycles. The predicted molar refractivity (Wildman–Crippen MR) is 126 cm³/mol. The lowest BCUT2D eigenvalue weighted by Crippen LogP contribution is -2.51. The third-order valence-corrected chi connectivity index (χ3v) is 6.73. The summed E-state index contributed by atoms with van der Waals surface area (Å²) >= 11 is 7.32. The summed E-state index contributed by atoms with van der Waals surface area (Å²) in [5.74, 6) is 0.499. The van der Waals surface area contributed by atoms with E-state index < -0.39 is 0 Å². The van der Waals surface area contributed by atoms with Crippen molar-refractivity contribution in [1.29, 1.82) is 0 Å². The highest BCUT2D eigenvalue weighted by atomic mass is 35.5. The summed E-state index contributed by atoms with van der Waals surface area (Å²) in [4.78, 5) is 34.4. The van der Waals surface area contributed by atoms with Crippen molar-refractivity contribution >= 4 is 34.8 Å². The van der Waals surface area contributed by atoms with E-state index >= 15 is 0 Å². The number of rotatable bonds is 6. The second-order valence-electron chi connectivity index (χ2n) is 7.60. The number of aromatic nitrogens is 1. The van der Waals surface area contributed by atoms with E-state index in [0.29, 0.717) is 41.8 Å². The molecule has 166 valence electrons. The molecule has 32 heavy (non-hydrogen) atoms.